The van der Waals surface area contributed by atoms with E-state index in [0.29, 0.717) is 6.42 Å². The molecule has 2 aromatic rings. The Hall–Kier alpha value is -1.65. The first-order chi connectivity index (χ1) is 9.50. The van der Waals surface area contributed by atoms with Gasteiger partial charge >= 0.3 is 0 Å². The largest absolute Gasteiger partial charge is 0.387 e. The third kappa shape index (κ3) is 2.05. The average molecular weight is 288 g/mol. The minimum absolute atomic E-state index is 0.286. The van der Waals surface area contributed by atoms with Crippen molar-refractivity contribution in [2.24, 2.45) is 0 Å². The fraction of sp³-hybridized carbons (Fsp3) is 0.250. The van der Waals surface area contributed by atoms with Gasteiger partial charge < -0.3 is 5.11 Å². The van der Waals surface area contributed by atoms with Crippen LogP contribution in [0.1, 0.15) is 22.8 Å². The number of aliphatic hydroxyl groups is 1. The maximum Gasteiger partial charge on any atom is 0.184 e. The van der Waals surface area contributed by atoms with Crippen LogP contribution in [0.15, 0.2) is 53.4 Å². The van der Waals surface area contributed by atoms with Gasteiger partial charge in [0.25, 0.3) is 0 Å². The Kier molecular flexibility index (Phi) is 3.15. The molecule has 1 N–H and O–H groups in total. The predicted octanol–water partition coefficient (Wildman–Crippen LogP) is 2.43. The van der Waals surface area contributed by atoms with Crippen LogP contribution in [0, 0.1) is 6.92 Å². The summed E-state index contributed by atoms with van der Waals surface area (Å²) in [7, 11) is -3.53. The van der Waals surface area contributed by atoms with E-state index in [1.165, 1.54) is 0 Å². The summed E-state index contributed by atoms with van der Waals surface area (Å²) in [6, 6.07) is 14.2. The molecular weight excluding hydrogens is 272 g/mol. The molecule has 2 unspecified atom stereocenters. The molecule has 0 radical (unpaired) electrons. The molecule has 0 heterocycles. The Morgan fingerprint density at radius 2 is 1.85 bits per heavy atom. The van der Waals surface area contributed by atoms with E-state index in [4.69, 9.17) is 0 Å². The number of hydrogen-bond donors (Lipinski definition) is 1. The summed E-state index contributed by atoms with van der Waals surface area (Å²) in [5.74, 6) is 0. The molecule has 0 spiro atoms. The van der Waals surface area contributed by atoms with Gasteiger partial charge in [0.2, 0.25) is 0 Å². The Balaban J connectivity index is 2.03. The van der Waals surface area contributed by atoms with Gasteiger partial charge in [0, 0.05) is 0 Å². The van der Waals surface area contributed by atoms with Gasteiger partial charge in [-0.3, -0.25) is 0 Å². The second-order valence-corrected chi connectivity index (χ2v) is 7.41. The van der Waals surface area contributed by atoms with E-state index in [0.717, 1.165) is 16.7 Å². The Morgan fingerprint density at radius 3 is 2.55 bits per heavy atom. The molecule has 2 aromatic carbocycles. The number of sulfone groups is 1. The van der Waals surface area contributed by atoms with Crippen LogP contribution in [0.5, 0.6) is 0 Å². The molecule has 4 heteroatoms. The highest BCUT2D eigenvalue weighted by atomic mass is 32.2. The molecule has 1 aliphatic carbocycles. The summed E-state index contributed by atoms with van der Waals surface area (Å²) in [5, 5.41) is 9.54. The molecular formula is C16H16O3S. The van der Waals surface area contributed by atoms with Crippen molar-refractivity contribution < 1.29 is 13.5 Å². The molecule has 2 atom stereocenters. The highest BCUT2D eigenvalue weighted by Gasteiger charge is 2.40. The third-order valence-electron chi connectivity index (χ3n) is 3.86. The van der Waals surface area contributed by atoms with Crippen molar-refractivity contribution in [1.82, 2.24) is 0 Å². The summed E-state index contributed by atoms with van der Waals surface area (Å²) in [5.41, 5.74) is 2.55. The Morgan fingerprint density at radius 1 is 1.10 bits per heavy atom. The average Bonchev–Trinajstić information content (AvgIpc) is 2.77. The van der Waals surface area contributed by atoms with Gasteiger partial charge in [0.15, 0.2) is 9.84 Å². The zero-order valence-corrected chi connectivity index (χ0v) is 12.0. The van der Waals surface area contributed by atoms with Crippen molar-refractivity contribution in [3.05, 3.63) is 65.2 Å². The van der Waals surface area contributed by atoms with Crippen LogP contribution in [-0.4, -0.2) is 18.8 Å². The summed E-state index contributed by atoms with van der Waals surface area (Å²) in [6.07, 6.45) is -0.579. The van der Waals surface area contributed by atoms with Crippen molar-refractivity contribution >= 4 is 9.84 Å². The SMILES string of the molecule is Cc1cccc(S(=O)(=O)C2Cc3ccccc3C2O)c1. The van der Waals surface area contributed by atoms with Gasteiger partial charge in [0.05, 0.1) is 16.2 Å². The second kappa shape index (κ2) is 4.72. The molecule has 104 valence electrons. The lowest BCUT2D eigenvalue weighted by Gasteiger charge is -2.16. The summed E-state index contributed by atoms with van der Waals surface area (Å²) >= 11 is 0. The first kappa shape index (κ1) is 13.3. The molecule has 20 heavy (non-hydrogen) atoms. The van der Waals surface area contributed by atoms with Crippen molar-refractivity contribution in [2.45, 2.75) is 29.6 Å². The van der Waals surface area contributed by atoms with Crippen LogP contribution in [0.3, 0.4) is 0 Å². The van der Waals surface area contributed by atoms with Crippen LogP contribution in [-0.2, 0) is 16.3 Å². The van der Waals surface area contributed by atoms with E-state index in [9.17, 15) is 13.5 Å². The van der Waals surface area contributed by atoms with Crippen molar-refractivity contribution in [3.8, 4) is 0 Å². The lowest BCUT2D eigenvalue weighted by atomic mass is 10.1. The molecule has 3 rings (SSSR count). The van der Waals surface area contributed by atoms with E-state index >= 15 is 0 Å². The maximum atomic E-state index is 12.7. The van der Waals surface area contributed by atoms with Crippen LogP contribution in [0.25, 0.3) is 0 Å². The summed E-state index contributed by atoms with van der Waals surface area (Å²) < 4.78 is 25.4. The molecule has 0 bridgehead atoms. The van der Waals surface area contributed by atoms with E-state index in [-0.39, 0.29) is 4.90 Å². The number of fused-ring (bicyclic) bond motifs is 1. The molecule has 0 saturated heterocycles. The fourth-order valence-electron chi connectivity index (χ4n) is 2.78. The number of aliphatic hydroxyl groups excluding tert-OH is 1. The topological polar surface area (TPSA) is 54.4 Å². The summed E-state index contributed by atoms with van der Waals surface area (Å²) in [4.78, 5) is 0.286. The Bertz CT molecular complexity index is 750. The summed E-state index contributed by atoms with van der Waals surface area (Å²) in [6.45, 7) is 1.86. The quantitative estimate of drug-likeness (QED) is 0.923. The van der Waals surface area contributed by atoms with Gasteiger partial charge in [-0.25, -0.2) is 8.42 Å². The number of rotatable bonds is 2. The molecule has 0 aromatic heterocycles. The lowest BCUT2D eigenvalue weighted by molar-refractivity contribution is 0.182. The van der Waals surface area contributed by atoms with Crippen molar-refractivity contribution in [3.63, 3.8) is 0 Å². The van der Waals surface area contributed by atoms with E-state index in [1.807, 2.05) is 31.2 Å². The molecule has 0 amide bonds. The molecule has 3 nitrogen and oxygen atoms in total. The zero-order valence-electron chi connectivity index (χ0n) is 11.2. The minimum Gasteiger partial charge on any atom is -0.387 e. The van der Waals surface area contributed by atoms with Gasteiger partial charge in [0.1, 0.15) is 0 Å². The van der Waals surface area contributed by atoms with Crippen LogP contribution in [0.4, 0.5) is 0 Å². The number of benzene rings is 2. The predicted molar refractivity (Wildman–Crippen MR) is 77.3 cm³/mol. The van der Waals surface area contributed by atoms with Crippen molar-refractivity contribution in [2.75, 3.05) is 0 Å². The van der Waals surface area contributed by atoms with E-state index in [2.05, 4.69) is 0 Å². The van der Waals surface area contributed by atoms with Gasteiger partial charge in [-0.05, 0) is 42.2 Å². The highest BCUT2D eigenvalue weighted by Crippen LogP contribution is 2.37. The highest BCUT2D eigenvalue weighted by molar-refractivity contribution is 7.92. The molecule has 0 saturated carbocycles. The fourth-order valence-corrected chi connectivity index (χ4v) is 4.64. The van der Waals surface area contributed by atoms with E-state index in [1.54, 1.807) is 24.3 Å². The van der Waals surface area contributed by atoms with Crippen molar-refractivity contribution in [1.29, 1.82) is 0 Å². The minimum atomic E-state index is -3.53. The Labute approximate surface area is 118 Å². The normalized spacial score (nSPS) is 21.7. The molecule has 0 aliphatic heterocycles. The lowest BCUT2D eigenvalue weighted by Crippen LogP contribution is -2.26. The first-order valence-electron chi connectivity index (χ1n) is 6.56. The van der Waals surface area contributed by atoms with Gasteiger partial charge in [-0.15, -0.1) is 0 Å². The van der Waals surface area contributed by atoms with Crippen LogP contribution in [0.2, 0.25) is 0 Å². The number of hydrogen-bond acceptors (Lipinski definition) is 3. The maximum absolute atomic E-state index is 12.7. The van der Waals surface area contributed by atoms with Gasteiger partial charge in [-0.1, -0.05) is 36.4 Å². The monoisotopic (exact) mass is 288 g/mol. The van der Waals surface area contributed by atoms with Crippen LogP contribution < -0.4 is 0 Å². The molecule has 0 fully saturated rings. The number of aryl methyl sites for hydroxylation is 1. The third-order valence-corrected chi connectivity index (χ3v) is 6.00. The first-order valence-corrected chi connectivity index (χ1v) is 8.11. The smallest absolute Gasteiger partial charge is 0.184 e. The second-order valence-electron chi connectivity index (χ2n) is 5.25. The van der Waals surface area contributed by atoms with E-state index < -0.39 is 21.2 Å². The van der Waals surface area contributed by atoms with Gasteiger partial charge in [-0.2, -0.15) is 0 Å². The standard InChI is InChI=1S/C16H16O3S/c1-11-5-4-7-13(9-11)20(18,19)15-10-12-6-2-3-8-14(12)16(15)17/h2-9,15-17H,10H2,1H3. The molecule has 1 aliphatic rings. The zero-order chi connectivity index (χ0) is 14.3. The van der Waals surface area contributed by atoms with Crippen LogP contribution >= 0.6 is 0 Å².